The quantitative estimate of drug-likeness (QED) is 0.653. The first-order valence-electron chi connectivity index (χ1n) is 12.5. The number of likely N-dealkylation sites (N-methyl/N-ethyl adjacent to an activating group) is 1. The molecule has 1 unspecified atom stereocenters. The zero-order valence-electron chi connectivity index (χ0n) is 20.8. The number of benzene rings is 2. The Morgan fingerprint density at radius 2 is 1.82 bits per heavy atom. The molecular formula is C27H39N5O2. The fourth-order valence-corrected chi connectivity index (χ4v) is 4.88. The lowest BCUT2D eigenvalue weighted by Gasteiger charge is -2.36. The maximum Gasteiger partial charge on any atom is 0.319 e. The van der Waals surface area contributed by atoms with Crippen molar-refractivity contribution in [3.05, 3.63) is 59.2 Å². The van der Waals surface area contributed by atoms with Crippen LogP contribution in [0.5, 0.6) is 0 Å². The summed E-state index contributed by atoms with van der Waals surface area (Å²) >= 11 is 0. The Bertz CT molecular complexity index is 958. The van der Waals surface area contributed by atoms with Crippen LogP contribution in [0, 0.1) is 6.92 Å². The molecule has 1 atom stereocenters. The van der Waals surface area contributed by atoms with E-state index in [-0.39, 0.29) is 12.1 Å². The fraction of sp³-hybridized carbons (Fsp3) is 0.519. The van der Waals surface area contributed by atoms with Crippen molar-refractivity contribution in [1.29, 1.82) is 0 Å². The van der Waals surface area contributed by atoms with Crippen molar-refractivity contribution in [2.24, 2.45) is 0 Å². The highest BCUT2D eigenvalue weighted by Crippen LogP contribution is 2.25. The summed E-state index contributed by atoms with van der Waals surface area (Å²) in [5.74, 6) is 0. The highest BCUT2D eigenvalue weighted by Gasteiger charge is 2.18. The molecule has 2 amide bonds. The number of aryl methyl sites for hydroxylation is 1. The monoisotopic (exact) mass is 465 g/mol. The van der Waals surface area contributed by atoms with E-state index in [1.165, 1.54) is 16.8 Å². The van der Waals surface area contributed by atoms with Gasteiger partial charge in [0.2, 0.25) is 0 Å². The lowest BCUT2D eigenvalue weighted by Crippen LogP contribution is -2.46. The number of ether oxygens (including phenoxy) is 1. The molecule has 0 aliphatic carbocycles. The molecule has 4 rings (SSSR count). The number of morpholine rings is 1. The molecule has 7 heteroatoms. The molecule has 2 aliphatic heterocycles. The Hall–Kier alpha value is -2.61. The van der Waals surface area contributed by atoms with Crippen LogP contribution in [0.1, 0.15) is 30.5 Å². The minimum atomic E-state index is -0.184. The van der Waals surface area contributed by atoms with E-state index >= 15 is 0 Å². The third-order valence-electron chi connectivity index (χ3n) is 6.79. The summed E-state index contributed by atoms with van der Waals surface area (Å²) in [4.78, 5) is 19.9. The highest BCUT2D eigenvalue weighted by molar-refractivity contribution is 5.89. The Morgan fingerprint density at radius 1 is 1.03 bits per heavy atom. The van der Waals surface area contributed by atoms with Crippen molar-refractivity contribution in [1.82, 2.24) is 15.1 Å². The first-order chi connectivity index (χ1) is 16.5. The molecule has 2 saturated heterocycles. The number of urea groups is 1. The smallest absolute Gasteiger partial charge is 0.319 e. The summed E-state index contributed by atoms with van der Waals surface area (Å²) in [6.07, 6.45) is 0.284. The van der Waals surface area contributed by atoms with Gasteiger partial charge in [0.15, 0.2) is 0 Å². The van der Waals surface area contributed by atoms with Crippen LogP contribution >= 0.6 is 0 Å². The zero-order chi connectivity index (χ0) is 23.9. The van der Waals surface area contributed by atoms with Gasteiger partial charge in [-0.3, -0.25) is 4.90 Å². The number of carbonyl (C=O) groups is 1. The second-order valence-electron chi connectivity index (χ2n) is 9.47. The number of rotatable bonds is 7. The number of nitrogens with zero attached hydrogens (tertiary/aromatic N) is 3. The molecule has 0 saturated carbocycles. The van der Waals surface area contributed by atoms with Gasteiger partial charge in [-0.05, 0) is 55.3 Å². The van der Waals surface area contributed by atoms with Gasteiger partial charge in [0.1, 0.15) is 0 Å². The average Bonchev–Trinajstić information content (AvgIpc) is 2.83. The van der Waals surface area contributed by atoms with Crippen LogP contribution in [0.3, 0.4) is 0 Å². The Kier molecular flexibility index (Phi) is 8.43. The van der Waals surface area contributed by atoms with Gasteiger partial charge in [-0.1, -0.05) is 31.2 Å². The van der Waals surface area contributed by atoms with E-state index in [0.717, 1.165) is 70.2 Å². The predicted molar refractivity (Wildman–Crippen MR) is 138 cm³/mol. The van der Waals surface area contributed by atoms with Crippen LogP contribution in [-0.2, 0) is 17.8 Å². The van der Waals surface area contributed by atoms with Gasteiger partial charge < -0.3 is 25.2 Å². The van der Waals surface area contributed by atoms with Crippen molar-refractivity contribution in [2.75, 3.05) is 62.6 Å². The van der Waals surface area contributed by atoms with E-state index in [0.29, 0.717) is 6.54 Å². The maximum atomic E-state index is 12.5. The predicted octanol–water partition coefficient (Wildman–Crippen LogP) is 3.68. The second kappa shape index (κ2) is 11.7. The Labute approximate surface area is 204 Å². The van der Waals surface area contributed by atoms with Gasteiger partial charge in [0, 0.05) is 63.7 Å². The molecule has 0 radical (unpaired) electrons. The van der Waals surface area contributed by atoms with E-state index in [1.54, 1.807) is 0 Å². The first-order valence-corrected chi connectivity index (χ1v) is 12.5. The van der Waals surface area contributed by atoms with Crippen LogP contribution < -0.4 is 15.5 Å². The maximum absolute atomic E-state index is 12.5. The van der Waals surface area contributed by atoms with E-state index in [4.69, 9.17) is 4.74 Å². The number of hydrogen-bond donors (Lipinski definition) is 2. The van der Waals surface area contributed by atoms with Crippen LogP contribution in [0.15, 0.2) is 42.5 Å². The molecule has 2 aromatic carbocycles. The molecule has 2 N–H and O–H groups in total. The number of amides is 2. The van der Waals surface area contributed by atoms with Crippen LogP contribution in [-0.4, -0.2) is 74.4 Å². The molecule has 34 heavy (non-hydrogen) atoms. The minimum absolute atomic E-state index is 0.184. The summed E-state index contributed by atoms with van der Waals surface area (Å²) in [5, 5.41) is 5.98. The summed E-state index contributed by atoms with van der Waals surface area (Å²) in [7, 11) is 0. The third-order valence-corrected chi connectivity index (χ3v) is 6.79. The van der Waals surface area contributed by atoms with E-state index in [1.807, 2.05) is 6.07 Å². The molecule has 2 aliphatic rings. The van der Waals surface area contributed by atoms with Gasteiger partial charge >= 0.3 is 6.03 Å². The van der Waals surface area contributed by atoms with Crippen LogP contribution in [0.25, 0.3) is 0 Å². The lowest BCUT2D eigenvalue weighted by atomic mass is 10.1. The summed E-state index contributed by atoms with van der Waals surface area (Å²) in [6, 6.07) is 14.5. The zero-order valence-corrected chi connectivity index (χ0v) is 20.8. The summed E-state index contributed by atoms with van der Waals surface area (Å²) in [5.41, 5.74) is 5.63. The number of hydrogen-bond acceptors (Lipinski definition) is 5. The number of nitrogens with one attached hydrogen (secondary N) is 2. The first kappa shape index (κ1) is 24.5. The van der Waals surface area contributed by atoms with Crippen molar-refractivity contribution >= 4 is 17.4 Å². The molecule has 0 spiro atoms. The minimum Gasteiger partial charge on any atom is -0.376 e. The molecule has 2 heterocycles. The standard InChI is InChI=1S/C27H39N5O2/c1-4-30-10-12-32(13-11-30)26-9-8-25(16-21(26)2)29-27(33)28-18-23-6-5-7-24(17-23)20-31-14-15-34-22(3)19-31/h5-9,16-17,22H,4,10-15,18-20H2,1-3H3,(H2,28,29,33). The molecule has 2 aromatic rings. The van der Waals surface area contributed by atoms with Crippen LogP contribution in [0.4, 0.5) is 16.2 Å². The van der Waals surface area contributed by atoms with E-state index in [2.05, 4.69) is 82.5 Å². The van der Waals surface area contributed by atoms with E-state index in [9.17, 15) is 4.79 Å². The largest absolute Gasteiger partial charge is 0.376 e. The van der Waals surface area contributed by atoms with Gasteiger partial charge in [-0.2, -0.15) is 0 Å². The van der Waals surface area contributed by atoms with Gasteiger partial charge in [0.25, 0.3) is 0 Å². The molecular weight excluding hydrogens is 426 g/mol. The molecule has 7 nitrogen and oxygen atoms in total. The third kappa shape index (κ3) is 6.72. The van der Waals surface area contributed by atoms with Crippen LogP contribution in [0.2, 0.25) is 0 Å². The van der Waals surface area contributed by atoms with Gasteiger partial charge in [0.05, 0.1) is 12.7 Å². The number of piperazine rings is 1. The molecule has 0 aromatic heterocycles. The Balaban J connectivity index is 1.26. The summed E-state index contributed by atoms with van der Waals surface area (Å²) in [6.45, 7) is 16.0. The number of anilines is 2. The second-order valence-corrected chi connectivity index (χ2v) is 9.47. The topological polar surface area (TPSA) is 60.1 Å². The SMILES string of the molecule is CCN1CCN(c2ccc(NC(=O)NCc3cccc(CN4CCOC(C)C4)c3)cc2C)CC1. The van der Waals surface area contributed by atoms with Gasteiger partial charge in [-0.25, -0.2) is 4.79 Å². The van der Waals surface area contributed by atoms with Crippen molar-refractivity contribution in [2.45, 2.75) is 40.0 Å². The van der Waals surface area contributed by atoms with Crippen molar-refractivity contribution < 1.29 is 9.53 Å². The summed E-state index contributed by atoms with van der Waals surface area (Å²) < 4.78 is 5.64. The van der Waals surface area contributed by atoms with E-state index < -0.39 is 0 Å². The average molecular weight is 466 g/mol. The molecule has 2 fully saturated rings. The molecule has 0 bridgehead atoms. The van der Waals surface area contributed by atoms with Gasteiger partial charge in [-0.15, -0.1) is 0 Å². The normalized spacial score (nSPS) is 19.7. The lowest BCUT2D eigenvalue weighted by molar-refractivity contribution is -0.0212. The Morgan fingerprint density at radius 3 is 2.56 bits per heavy atom. The van der Waals surface area contributed by atoms with Crippen molar-refractivity contribution in [3.8, 4) is 0 Å². The fourth-order valence-electron chi connectivity index (χ4n) is 4.88. The van der Waals surface area contributed by atoms with Crippen molar-refractivity contribution in [3.63, 3.8) is 0 Å². The highest BCUT2D eigenvalue weighted by atomic mass is 16.5. The number of carbonyl (C=O) groups excluding carboxylic acids is 1. The molecule has 184 valence electrons.